The van der Waals surface area contributed by atoms with Crippen LogP contribution in [0.4, 0.5) is 0 Å². The number of benzene rings is 4. The van der Waals surface area contributed by atoms with Gasteiger partial charge < -0.3 is 9.67 Å². The van der Waals surface area contributed by atoms with Crippen molar-refractivity contribution in [3.8, 4) is 45.3 Å². The Hall–Kier alpha value is -4.01. The first-order chi connectivity index (χ1) is 19.4. The summed E-state index contributed by atoms with van der Waals surface area (Å²) in [6.45, 7) is 8.87. The van der Waals surface area contributed by atoms with Gasteiger partial charge in [0.15, 0.2) is 0 Å². The maximum absolute atomic E-state index is 10.9. The Balaban J connectivity index is 0.00000337. The summed E-state index contributed by atoms with van der Waals surface area (Å²) in [6.07, 6.45) is 3.93. The molecule has 0 spiro atoms. The molecule has 0 aliphatic carbocycles. The topological polar surface area (TPSA) is 50.9 Å². The van der Waals surface area contributed by atoms with E-state index in [2.05, 4.69) is 74.9 Å². The van der Waals surface area contributed by atoms with Crippen LogP contribution in [0.1, 0.15) is 50.7 Å². The molecule has 6 aromatic rings. The number of hydrogen-bond donors (Lipinski definition) is 1. The van der Waals surface area contributed by atoms with Crippen molar-refractivity contribution in [2.75, 3.05) is 0 Å². The molecule has 0 saturated carbocycles. The second-order valence-electron chi connectivity index (χ2n) is 10.8. The molecule has 2 aromatic heterocycles. The average Bonchev–Trinajstić information content (AvgIpc) is 3.41. The number of hydrogen-bond acceptors (Lipinski definition) is 3. The summed E-state index contributed by atoms with van der Waals surface area (Å²) in [5, 5.41) is 13.1. The van der Waals surface area contributed by atoms with Crippen LogP contribution in [0.2, 0.25) is 0 Å². The molecule has 208 valence electrons. The molecule has 0 amide bonds. The van der Waals surface area contributed by atoms with Gasteiger partial charge in [0.2, 0.25) is 0 Å². The number of phenols is 1. The third-order valence-corrected chi connectivity index (χ3v) is 7.43. The molecular formula is C36H32N3OPt-. The number of aromatic nitrogens is 3. The van der Waals surface area contributed by atoms with E-state index in [9.17, 15) is 5.11 Å². The Kier molecular flexibility index (Phi) is 8.24. The molecule has 1 N–H and O–H groups in total. The summed E-state index contributed by atoms with van der Waals surface area (Å²) in [7, 11) is 0. The Morgan fingerprint density at radius 2 is 1.39 bits per heavy atom. The van der Waals surface area contributed by atoms with Crippen LogP contribution in [0, 0.1) is 6.07 Å². The van der Waals surface area contributed by atoms with Crippen LogP contribution in [0.15, 0.2) is 103 Å². The molecule has 2 heterocycles. The number of aromatic hydroxyl groups is 1. The van der Waals surface area contributed by atoms with Crippen LogP contribution in [0.25, 0.3) is 50.4 Å². The smallest absolute Gasteiger partial charge is 0.140 e. The van der Waals surface area contributed by atoms with Crippen LogP contribution in [-0.2, 0) is 21.1 Å². The number of imidazole rings is 1. The van der Waals surface area contributed by atoms with Crippen LogP contribution < -0.4 is 0 Å². The molecule has 6 rings (SSSR count). The summed E-state index contributed by atoms with van der Waals surface area (Å²) in [5.74, 6) is 1.52. The summed E-state index contributed by atoms with van der Waals surface area (Å²) < 4.78 is 2.16. The van der Waals surface area contributed by atoms with E-state index in [0.29, 0.717) is 23.2 Å². The van der Waals surface area contributed by atoms with Gasteiger partial charge in [0.1, 0.15) is 11.6 Å². The van der Waals surface area contributed by atoms with Gasteiger partial charge >= 0.3 is 0 Å². The van der Waals surface area contributed by atoms with Crippen LogP contribution in [0.3, 0.4) is 0 Å². The van der Waals surface area contributed by atoms with E-state index in [4.69, 9.17) is 9.97 Å². The second-order valence-corrected chi connectivity index (χ2v) is 10.8. The number of phenolic OH excluding ortho intramolecular Hbond substituents is 1. The van der Waals surface area contributed by atoms with Gasteiger partial charge in [0, 0.05) is 44.8 Å². The van der Waals surface area contributed by atoms with E-state index >= 15 is 0 Å². The van der Waals surface area contributed by atoms with Crippen LogP contribution >= 0.6 is 0 Å². The van der Waals surface area contributed by atoms with Gasteiger partial charge in [-0.3, -0.25) is 9.97 Å². The van der Waals surface area contributed by atoms with E-state index in [-0.39, 0.29) is 26.8 Å². The predicted octanol–water partition coefficient (Wildman–Crippen LogP) is 9.17. The minimum absolute atomic E-state index is 0. The largest absolute Gasteiger partial charge is 0.507 e. The Morgan fingerprint density at radius 1 is 0.732 bits per heavy atom. The third kappa shape index (κ3) is 5.37. The zero-order valence-corrected chi connectivity index (χ0v) is 25.8. The first kappa shape index (κ1) is 28.5. The van der Waals surface area contributed by atoms with Crippen LogP contribution in [0.5, 0.6) is 5.75 Å². The Bertz CT molecular complexity index is 1810. The van der Waals surface area contributed by atoms with Gasteiger partial charge in [0.05, 0.1) is 11.3 Å². The van der Waals surface area contributed by atoms with Gasteiger partial charge in [-0.15, -0.1) is 24.3 Å². The van der Waals surface area contributed by atoms with Crippen molar-refractivity contribution in [1.29, 1.82) is 0 Å². The fourth-order valence-electron chi connectivity index (χ4n) is 5.41. The van der Waals surface area contributed by atoms with Crippen molar-refractivity contribution in [2.24, 2.45) is 0 Å². The van der Waals surface area contributed by atoms with Crippen molar-refractivity contribution in [1.82, 2.24) is 14.5 Å². The summed E-state index contributed by atoms with van der Waals surface area (Å²) in [4.78, 5) is 9.85. The van der Waals surface area contributed by atoms with Gasteiger partial charge in [0.25, 0.3) is 0 Å². The van der Waals surface area contributed by atoms with Gasteiger partial charge in [-0.25, -0.2) is 0 Å². The number of fused-ring (bicyclic) bond motifs is 1. The maximum atomic E-state index is 10.9. The molecule has 0 bridgehead atoms. The number of nitrogens with zero attached hydrogens (tertiary/aromatic N) is 3. The fraction of sp³-hybridized carbons (Fsp3) is 0.167. The van der Waals surface area contributed by atoms with Gasteiger partial charge in [-0.2, -0.15) is 0 Å². The minimum atomic E-state index is 0. The molecule has 4 nitrogen and oxygen atoms in total. The van der Waals surface area contributed by atoms with Crippen molar-refractivity contribution in [3.05, 3.63) is 121 Å². The molecule has 0 fully saturated rings. The molecular weight excluding hydrogens is 685 g/mol. The molecule has 0 aliphatic rings. The number of para-hydroxylation sites is 2. The summed E-state index contributed by atoms with van der Waals surface area (Å²) in [5.41, 5.74) is 7.76. The van der Waals surface area contributed by atoms with Crippen molar-refractivity contribution < 1.29 is 26.2 Å². The van der Waals surface area contributed by atoms with Gasteiger partial charge in [-0.05, 0) is 51.9 Å². The fourth-order valence-corrected chi connectivity index (χ4v) is 5.41. The third-order valence-electron chi connectivity index (χ3n) is 7.43. The van der Waals surface area contributed by atoms with Crippen molar-refractivity contribution in [3.63, 3.8) is 0 Å². The van der Waals surface area contributed by atoms with E-state index < -0.39 is 0 Å². The zero-order chi connectivity index (χ0) is 27.8. The van der Waals surface area contributed by atoms with Crippen molar-refractivity contribution in [2.45, 2.75) is 39.5 Å². The maximum Gasteiger partial charge on any atom is 0.140 e. The van der Waals surface area contributed by atoms with Gasteiger partial charge in [-0.1, -0.05) is 93.4 Å². The standard InChI is InChI=1S/C36H32N3O.Pt/c1-23(2)28-16-10-17-29(24(3)4)35(28)39-22-32(38-36(39)31-15-7-8-18-33(31)40)26-12-9-13-27(21-26)34-30-14-6-5-11-25(30)19-20-37-34;/h5-20,22-24,40H,1-4H3;/q-1;. The number of pyridine rings is 1. The van der Waals surface area contributed by atoms with Crippen molar-refractivity contribution >= 4 is 10.8 Å². The first-order valence-electron chi connectivity index (χ1n) is 13.8. The Labute approximate surface area is 256 Å². The quantitative estimate of drug-likeness (QED) is 0.175. The molecule has 0 aliphatic heterocycles. The van der Waals surface area contributed by atoms with E-state index in [1.54, 1.807) is 6.07 Å². The predicted molar refractivity (Wildman–Crippen MR) is 164 cm³/mol. The van der Waals surface area contributed by atoms with E-state index in [1.807, 2.05) is 60.8 Å². The normalized spacial score (nSPS) is 11.3. The molecule has 4 aromatic carbocycles. The summed E-state index contributed by atoms with van der Waals surface area (Å²) in [6, 6.07) is 34.0. The average molecular weight is 718 g/mol. The minimum Gasteiger partial charge on any atom is -0.507 e. The van der Waals surface area contributed by atoms with Crippen LogP contribution in [-0.4, -0.2) is 19.6 Å². The zero-order valence-electron chi connectivity index (χ0n) is 23.6. The van der Waals surface area contributed by atoms with E-state index in [0.717, 1.165) is 39.0 Å². The Morgan fingerprint density at radius 3 is 2.12 bits per heavy atom. The monoisotopic (exact) mass is 717 g/mol. The molecule has 0 unspecified atom stereocenters. The summed E-state index contributed by atoms with van der Waals surface area (Å²) >= 11 is 0. The molecule has 0 radical (unpaired) electrons. The first-order valence-corrected chi connectivity index (χ1v) is 13.8. The molecule has 0 atom stereocenters. The molecule has 0 saturated heterocycles. The second kappa shape index (κ2) is 11.8. The molecule has 41 heavy (non-hydrogen) atoms. The molecule has 5 heteroatoms. The van der Waals surface area contributed by atoms with E-state index in [1.165, 1.54) is 11.1 Å². The number of rotatable bonds is 6. The SMILES string of the molecule is CC(C)c1cccc(C(C)C)c1-n1cc(-c2[c-]c(-c3nccc4ccccc34)ccc2)nc1-c1ccccc1O.[Pt].